The first-order valence-corrected chi connectivity index (χ1v) is 2.86. The Morgan fingerprint density at radius 3 is 2.22 bits per heavy atom. The molecule has 0 rings (SSSR count). The van der Waals surface area contributed by atoms with E-state index in [1.807, 2.05) is 7.05 Å². The summed E-state index contributed by atoms with van der Waals surface area (Å²) in [7, 11) is 3.39. The molecular weight excluding hydrogens is 120 g/mol. The van der Waals surface area contributed by atoms with E-state index < -0.39 is 0 Å². The highest BCUT2D eigenvalue weighted by Crippen LogP contribution is 1.81. The fraction of sp³-hybridized carbons (Fsp3) is 1.00. The van der Waals surface area contributed by atoms with Crippen LogP contribution in [-0.2, 0) is 0 Å². The molecule has 0 bridgehead atoms. The summed E-state index contributed by atoms with van der Waals surface area (Å²) in [5, 5.41) is 18.1. The van der Waals surface area contributed by atoms with Gasteiger partial charge in [0, 0.05) is 13.6 Å². The van der Waals surface area contributed by atoms with Gasteiger partial charge in [-0.2, -0.15) is 5.06 Å². The van der Waals surface area contributed by atoms with Crippen molar-refractivity contribution in [2.45, 2.75) is 0 Å². The predicted octanol–water partition coefficient (Wildman–Crippen LogP) is -0.811. The lowest BCUT2D eigenvalue weighted by Crippen LogP contribution is -2.32. The number of hydrogen-bond acceptors (Lipinski definition) is 4. The summed E-state index contributed by atoms with van der Waals surface area (Å²) in [5.41, 5.74) is 0. The first-order valence-electron chi connectivity index (χ1n) is 2.86. The summed E-state index contributed by atoms with van der Waals surface area (Å²) >= 11 is 0. The van der Waals surface area contributed by atoms with Gasteiger partial charge in [-0.15, -0.1) is 0 Å². The summed E-state index contributed by atoms with van der Waals surface area (Å²) < 4.78 is 0. The molecule has 0 spiro atoms. The highest BCUT2D eigenvalue weighted by atomic mass is 16.5. The van der Waals surface area contributed by atoms with Crippen molar-refractivity contribution in [3.8, 4) is 0 Å². The van der Waals surface area contributed by atoms with E-state index in [2.05, 4.69) is 0 Å². The molecule has 4 nitrogen and oxygen atoms in total. The molecular formula is C5H14N2O2. The molecule has 56 valence electrons. The van der Waals surface area contributed by atoms with Gasteiger partial charge in [0.1, 0.15) is 0 Å². The van der Waals surface area contributed by atoms with Crippen LogP contribution in [-0.4, -0.2) is 54.2 Å². The van der Waals surface area contributed by atoms with Gasteiger partial charge < -0.3 is 10.3 Å². The molecule has 0 aliphatic heterocycles. The summed E-state index contributed by atoms with van der Waals surface area (Å²) in [6.45, 7) is 1.18. The molecule has 0 atom stereocenters. The molecule has 0 heterocycles. The molecule has 0 aromatic carbocycles. The number of rotatable bonds is 4. The van der Waals surface area contributed by atoms with Crippen LogP contribution in [0.3, 0.4) is 0 Å². The first kappa shape index (κ1) is 8.84. The van der Waals surface area contributed by atoms with Crippen molar-refractivity contribution in [1.29, 1.82) is 0 Å². The van der Waals surface area contributed by atoms with Crippen molar-refractivity contribution >= 4 is 0 Å². The monoisotopic (exact) mass is 134 g/mol. The Kier molecular flexibility index (Phi) is 4.61. The lowest BCUT2D eigenvalue weighted by molar-refractivity contribution is -0.0983. The third-order valence-electron chi connectivity index (χ3n) is 0.928. The first-order chi connectivity index (χ1) is 4.16. The fourth-order valence-corrected chi connectivity index (χ4v) is 0.591. The summed E-state index contributed by atoms with van der Waals surface area (Å²) in [6, 6.07) is 0. The summed E-state index contributed by atoms with van der Waals surface area (Å²) in [4.78, 5) is 1.81. The molecule has 9 heavy (non-hydrogen) atoms. The molecule has 0 saturated carbocycles. The highest BCUT2D eigenvalue weighted by Gasteiger charge is 1.97. The Hall–Kier alpha value is -0.160. The van der Waals surface area contributed by atoms with Crippen LogP contribution in [0.15, 0.2) is 0 Å². The van der Waals surface area contributed by atoms with Gasteiger partial charge in [0.15, 0.2) is 0 Å². The van der Waals surface area contributed by atoms with Crippen LogP contribution in [0, 0.1) is 0 Å². The minimum Gasteiger partial charge on any atom is -0.395 e. The molecule has 0 unspecified atom stereocenters. The molecule has 0 aromatic rings. The Balaban J connectivity index is 3.15. The van der Waals surface area contributed by atoms with Crippen molar-refractivity contribution in [1.82, 2.24) is 9.96 Å². The van der Waals surface area contributed by atoms with E-state index in [9.17, 15) is 0 Å². The number of hydroxylamine groups is 2. The Bertz CT molecular complexity index is 68.0. The highest BCUT2D eigenvalue weighted by molar-refractivity contribution is 4.42. The van der Waals surface area contributed by atoms with Gasteiger partial charge in [0.25, 0.3) is 0 Å². The van der Waals surface area contributed by atoms with Crippen molar-refractivity contribution in [3.63, 3.8) is 0 Å². The number of aliphatic hydroxyl groups is 1. The van der Waals surface area contributed by atoms with Crippen LogP contribution in [0.5, 0.6) is 0 Å². The molecule has 0 aliphatic carbocycles. The van der Waals surface area contributed by atoms with Crippen LogP contribution in [0.25, 0.3) is 0 Å². The maximum atomic E-state index is 8.66. The number of likely N-dealkylation sites (N-methyl/N-ethyl adjacent to an activating group) is 1. The Morgan fingerprint density at radius 2 is 1.89 bits per heavy atom. The molecule has 0 amide bonds. The summed E-state index contributed by atoms with van der Waals surface area (Å²) in [5.74, 6) is 0. The van der Waals surface area contributed by atoms with Gasteiger partial charge in [-0.1, -0.05) is 0 Å². The van der Waals surface area contributed by atoms with E-state index in [1.165, 1.54) is 0 Å². The average Bonchev–Trinajstić information content (AvgIpc) is 1.63. The molecule has 0 aromatic heterocycles. The normalized spacial score (nSPS) is 11.3. The van der Waals surface area contributed by atoms with E-state index in [0.29, 0.717) is 13.2 Å². The minimum atomic E-state index is 0.129. The molecule has 4 heteroatoms. The lowest BCUT2D eigenvalue weighted by Gasteiger charge is -2.17. The fourth-order valence-electron chi connectivity index (χ4n) is 0.591. The van der Waals surface area contributed by atoms with Crippen LogP contribution >= 0.6 is 0 Å². The minimum absolute atomic E-state index is 0.129. The maximum absolute atomic E-state index is 8.66. The average molecular weight is 134 g/mol. The Labute approximate surface area is 55.3 Å². The second-order valence-electron chi connectivity index (χ2n) is 2.10. The second-order valence-corrected chi connectivity index (χ2v) is 2.10. The van der Waals surface area contributed by atoms with Crippen molar-refractivity contribution in [2.75, 3.05) is 33.9 Å². The maximum Gasteiger partial charge on any atom is 0.0749 e. The quantitative estimate of drug-likeness (QED) is 0.390. The van der Waals surface area contributed by atoms with Crippen molar-refractivity contribution < 1.29 is 10.3 Å². The molecule has 0 saturated heterocycles. The Morgan fingerprint density at radius 1 is 1.33 bits per heavy atom. The van der Waals surface area contributed by atoms with Crippen LogP contribution in [0.4, 0.5) is 0 Å². The SMILES string of the molecule is CN(O)CN(C)CCO. The summed E-state index contributed by atoms with van der Waals surface area (Å²) in [6.07, 6.45) is 0. The third kappa shape index (κ3) is 5.72. The van der Waals surface area contributed by atoms with Gasteiger partial charge in [-0.05, 0) is 7.05 Å². The van der Waals surface area contributed by atoms with Gasteiger partial charge in [0.05, 0.1) is 13.3 Å². The molecule has 0 radical (unpaired) electrons. The van der Waals surface area contributed by atoms with E-state index in [4.69, 9.17) is 10.3 Å². The number of aliphatic hydroxyl groups excluding tert-OH is 1. The predicted molar refractivity (Wildman–Crippen MR) is 34.1 cm³/mol. The molecule has 2 N–H and O–H groups in total. The third-order valence-corrected chi connectivity index (χ3v) is 0.928. The van der Waals surface area contributed by atoms with Gasteiger partial charge in [0.2, 0.25) is 0 Å². The number of nitrogens with zero attached hydrogens (tertiary/aromatic N) is 2. The van der Waals surface area contributed by atoms with Gasteiger partial charge in [-0.25, -0.2) is 0 Å². The zero-order chi connectivity index (χ0) is 7.28. The van der Waals surface area contributed by atoms with Crippen molar-refractivity contribution in [3.05, 3.63) is 0 Å². The second kappa shape index (κ2) is 4.69. The van der Waals surface area contributed by atoms with E-state index in [-0.39, 0.29) is 6.61 Å². The largest absolute Gasteiger partial charge is 0.395 e. The lowest BCUT2D eigenvalue weighted by atomic mass is 10.6. The molecule has 0 fully saturated rings. The number of hydrogen-bond donors (Lipinski definition) is 2. The van der Waals surface area contributed by atoms with Crippen molar-refractivity contribution in [2.24, 2.45) is 0 Å². The standard InChI is InChI=1S/C5H14N2O2/c1-6(3-4-8)5-7(2)9/h8-9H,3-5H2,1-2H3. The van der Waals surface area contributed by atoms with E-state index in [0.717, 1.165) is 5.06 Å². The van der Waals surface area contributed by atoms with E-state index >= 15 is 0 Å². The zero-order valence-electron chi connectivity index (χ0n) is 5.91. The van der Waals surface area contributed by atoms with E-state index in [1.54, 1.807) is 11.9 Å². The van der Waals surface area contributed by atoms with Gasteiger partial charge >= 0.3 is 0 Å². The smallest absolute Gasteiger partial charge is 0.0749 e. The zero-order valence-corrected chi connectivity index (χ0v) is 5.91. The topological polar surface area (TPSA) is 46.9 Å². The van der Waals surface area contributed by atoms with Crippen LogP contribution < -0.4 is 0 Å². The van der Waals surface area contributed by atoms with Crippen LogP contribution in [0.1, 0.15) is 0 Å². The molecule has 0 aliphatic rings. The van der Waals surface area contributed by atoms with Gasteiger partial charge in [-0.3, -0.25) is 4.90 Å². The van der Waals surface area contributed by atoms with Crippen LogP contribution in [0.2, 0.25) is 0 Å².